The summed E-state index contributed by atoms with van der Waals surface area (Å²) < 4.78 is 0. The van der Waals surface area contributed by atoms with Crippen LogP contribution in [-0.4, -0.2) is 0 Å². The summed E-state index contributed by atoms with van der Waals surface area (Å²) in [6, 6.07) is 0. The first-order valence-corrected chi connectivity index (χ1v) is 6.26. The van der Waals surface area contributed by atoms with E-state index in [-0.39, 0.29) is 0 Å². The van der Waals surface area contributed by atoms with E-state index < -0.39 is 0 Å². The quantitative estimate of drug-likeness (QED) is 0.644. The molecule has 0 fully saturated rings. The molecular weight excluding hydrogens is 192 g/mol. The van der Waals surface area contributed by atoms with Crippen molar-refractivity contribution in [3.63, 3.8) is 0 Å². The molecule has 90 valence electrons. The zero-order valence-electron chi connectivity index (χ0n) is 12.0. The van der Waals surface area contributed by atoms with E-state index in [1.54, 1.807) is 0 Å². The van der Waals surface area contributed by atoms with Crippen molar-refractivity contribution in [3.8, 4) is 0 Å². The predicted molar refractivity (Wildman–Crippen MR) is 76.2 cm³/mol. The molecule has 0 aliphatic heterocycles. The summed E-state index contributed by atoms with van der Waals surface area (Å²) in [7, 11) is 0. The van der Waals surface area contributed by atoms with E-state index in [4.69, 9.17) is 0 Å². The van der Waals surface area contributed by atoms with E-state index in [9.17, 15) is 0 Å². The average molecular weight is 218 g/mol. The summed E-state index contributed by atoms with van der Waals surface area (Å²) in [5.41, 5.74) is 8.47. The van der Waals surface area contributed by atoms with Gasteiger partial charge in [0.05, 0.1) is 0 Å². The molecule has 0 atom stereocenters. The van der Waals surface area contributed by atoms with Gasteiger partial charge in [-0.15, -0.1) is 0 Å². The second-order valence-corrected chi connectivity index (χ2v) is 3.95. The van der Waals surface area contributed by atoms with Gasteiger partial charge < -0.3 is 0 Å². The fraction of sp³-hybridized carbons (Fsp3) is 0.500. The molecule has 0 aliphatic rings. The molecule has 1 aromatic rings. The lowest BCUT2D eigenvalue weighted by Crippen LogP contribution is -2.01. The zero-order chi connectivity index (χ0) is 12.9. The molecule has 1 rings (SSSR count). The maximum Gasteiger partial charge on any atom is -0.0198 e. The molecule has 0 bridgehead atoms. The Morgan fingerprint density at radius 1 is 0.875 bits per heavy atom. The third kappa shape index (κ3) is 2.55. The first-order valence-electron chi connectivity index (χ1n) is 6.26. The summed E-state index contributed by atoms with van der Waals surface area (Å²) in [5.74, 6) is 0. The molecule has 16 heavy (non-hydrogen) atoms. The van der Waals surface area contributed by atoms with Crippen LogP contribution >= 0.6 is 0 Å². The molecule has 0 unspecified atom stereocenters. The van der Waals surface area contributed by atoms with Crippen molar-refractivity contribution >= 4 is 6.08 Å². The predicted octanol–water partition coefficient (Wildman–Crippen LogP) is 5.15. The van der Waals surface area contributed by atoms with Crippen molar-refractivity contribution < 1.29 is 0 Å². The molecule has 0 radical (unpaired) electrons. The van der Waals surface area contributed by atoms with Gasteiger partial charge in [0.15, 0.2) is 0 Å². The van der Waals surface area contributed by atoms with Crippen LogP contribution in [0.5, 0.6) is 0 Å². The summed E-state index contributed by atoms with van der Waals surface area (Å²) in [4.78, 5) is 0. The van der Waals surface area contributed by atoms with Gasteiger partial charge in [0.2, 0.25) is 0 Å². The SMILES string of the molecule is C=Cc1c(C)c(C)c(CC)c(C)c1C.CC. The van der Waals surface area contributed by atoms with Crippen LogP contribution in [0.4, 0.5) is 0 Å². The standard InChI is InChI=1S/C14H20.C2H6/c1-7-13-9(3)11(5)14(8-2)12(6)10(13)4;1-2/h7H,1,8H2,2-6H3;1-2H3. The summed E-state index contributed by atoms with van der Waals surface area (Å²) in [6.07, 6.45) is 3.10. The maximum absolute atomic E-state index is 3.89. The molecule has 0 amide bonds. The highest BCUT2D eigenvalue weighted by Gasteiger charge is 2.10. The summed E-state index contributed by atoms with van der Waals surface area (Å²) >= 11 is 0. The van der Waals surface area contributed by atoms with Crippen molar-refractivity contribution in [2.24, 2.45) is 0 Å². The fourth-order valence-corrected chi connectivity index (χ4v) is 2.26. The van der Waals surface area contributed by atoms with Crippen LogP contribution < -0.4 is 0 Å². The molecular formula is C16H26. The monoisotopic (exact) mass is 218 g/mol. The normalized spacial score (nSPS) is 9.44. The molecule has 0 saturated heterocycles. The second kappa shape index (κ2) is 6.52. The van der Waals surface area contributed by atoms with Crippen molar-refractivity contribution in [3.05, 3.63) is 40.0 Å². The van der Waals surface area contributed by atoms with Crippen LogP contribution in [0.25, 0.3) is 6.08 Å². The van der Waals surface area contributed by atoms with E-state index >= 15 is 0 Å². The van der Waals surface area contributed by atoms with Gasteiger partial charge in [-0.25, -0.2) is 0 Å². The molecule has 1 aromatic carbocycles. The third-order valence-corrected chi connectivity index (χ3v) is 3.40. The zero-order valence-corrected chi connectivity index (χ0v) is 12.0. The fourth-order valence-electron chi connectivity index (χ4n) is 2.26. The topological polar surface area (TPSA) is 0 Å². The van der Waals surface area contributed by atoms with Crippen molar-refractivity contribution in [1.82, 2.24) is 0 Å². The van der Waals surface area contributed by atoms with Crippen molar-refractivity contribution in [1.29, 1.82) is 0 Å². The van der Waals surface area contributed by atoms with Gasteiger partial charge in [0.1, 0.15) is 0 Å². The van der Waals surface area contributed by atoms with Gasteiger partial charge in [-0.2, -0.15) is 0 Å². The van der Waals surface area contributed by atoms with E-state index in [0.29, 0.717) is 0 Å². The Labute approximate surface area is 101 Å². The second-order valence-electron chi connectivity index (χ2n) is 3.95. The molecule has 0 spiro atoms. The Hall–Kier alpha value is -1.04. The van der Waals surface area contributed by atoms with Crippen LogP contribution in [0, 0.1) is 27.7 Å². The highest BCUT2D eigenvalue weighted by Crippen LogP contribution is 2.27. The van der Waals surface area contributed by atoms with Gasteiger partial charge in [0.25, 0.3) is 0 Å². The Balaban J connectivity index is 0.00000106. The summed E-state index contributed by atoms with van der Waals surface area (Å²) in [6.45, 7) is 18.9. The average Bonchev–Trinajstić information content (AvgIpc) is 2.31. The minimum Gasteiger partial charge on any atom is -0.0984 e. The molecule has 0 saturated carbocycles. The Morgan fingerprint density at radius 3 is 1.50 bits per heavy atom. The van der Waals surface area contributed by atoms with Crippen LogP contribution in [0.2, 0.25) is 0 Å². The van der Waals surface area contributed by atoms with Crippen molar-refractivity contribution in [2.75, 3.05) is 0 Å². The molecule has 0 nitrogen and oxygen atoms in total. The molecule has 0 heterocycles. The first-order chi connectivity index (χ1) is 7.54. The highest BCUT2D eigenvalue weighted by atomic mass is 14.2. The first kappa shape index (κ1) is 15.0. The van der Waals surface area contributed by atoms with Gasteiger partial charge >= 0.3 is 0 Å². The third-order valence-electron chi connectivity index (χ3n) is 3.40. The Morgan fingerprint density at radius 2 is 1.25 bits per heavy atom. The minimum absolute atomic E-state index is 1.12. The lowest BCUT2D eigenvalue weighted by Gasteiger charge is -2.17. The van der Waals surface area contributed by atoms with E-state index in [1.165, 1.54) is 33.4 Å². The molecule has 0 aliphatic carbocycles. The molecule has 0 N–H and O–H groups in total. The highest BCUT2D eigenvalue weighted by molar-refractivity contribution is 5.62. The van der Waals surface area contributed by atoms with Gasteiger partial charge in [0, 0.05) is 0 Å². The van der Waals surface area contributed by atoms with Crippen LogP contribution in [0.3, 0.4) is 0 Å². The maximum atomic E-state index is 3.89. The number of rotatable bonds is 2. The van der Waals surface area contributed by atoms with E-state index in [2.05, 4.69) is 41.2 Å². The van der Waals surface area contributed by atoms with Crippen LogP contribution in [0.15, 0.2) is 6.58 Å². The lowest BCUT2D eigenvalue weighted by atomic mass is 9.88. The largest absolute Gasteiger partial charge is 0.0984 e. The van der Waals surface area contributed by atoms with E-state index in [1.807, 2.05) is 19.9 Å². The number of hydrogen-bond donors (Lipinski definition) is 0. The minimum atomic E-state index is 1.12. The van der Waals surface area contributed by atoms with Gasteiger partial charge in [-0.05, 0) is 67.5 Å². The number of benzene rings is 1. The van der Waals surface area contributed by atoms with Crippen LogP contribution in [0.1, 0.15) is 54.2 Å². The van der Waals surface area contributed by atoms with Gasteiger partial charge in [-0.1, -0.05) is 33.4 Å². The number of hydrogen-bond acceptors (Lipinski definition) is 0. The van der Waals surface area contributed by atoms with Crippen molar-refractivity contribution in [2.45, 2.75) is 54.9 Å². The smallest absolute Gasteiger partial charge is 0.0198 e. The lowest BCUT2D eigenvalue weighted by molar-refractivity contribution is 1.05. The summed E-state index contributed by atoms with van der Waals surface area (Å²) in [5, 5.41) is 0. The Kier molecular flexibility index (Phi) is 6.10. The van der Waals surface area contributed by atoms with E-state index in [0.717, 1.165) is 6.42 Å². The van der Waals surface area contributed by atoms with Crippen LogP contribution in [-0.2, 0) is 6.42 Å². The molecule has 0 aromatic heterocycles. The Bertz CT molecular complexity index is 341. The molecule has 0 heteroatoms. The van der Waals surface area contributed by atoms with Gasteiger partial charge in [-0.3, -0.25) is 0 Å².